The van der Waals surface area contributed by atoms with Crippen LogP contribution in [-0.2, 0) is 23.7 Å². The number of aromatic nitrogens is 2. The largest absolute Gasteiger partial charge is 0.327 e. The fourth-order valence-electron chi connectivity index (χ4n) is 0.894. The van der Waals surface area contributed by atoms with E-state index in [1.807, 2.05) is 0 Å². The Morgan fingerprint density at radius 1 is 1.54 bits per heavy atom. The van der Waals surface area contributed by atoms with Crippen LogP contribution >= 0.6 is 12.2 Å². The van der Waals surface area contributed by atoms with Crippen molar-refractivity contribution in [3.05, 3.63) is 17.2 Å². The summed E-state index contributed by atoms with van der Waals surface area (Å²) >= 11 is 4.96. The predicted molar refractivity (Wildman–Crippen MR) is 50.7 cm³/mol. The van der Waals surface area contributed by atoms with E-state index in [-0.39, 0.29) is 12.3 Å². The third kappa shape index (κ3) is 2.94. The minimum Gasteiger partial charge on any atom is -0.327 e. The molecule has 0 aromatic carbocycles. The van der Waals surface area contributed by atoms with E-state index in [1.165, 1.54) is 0 Å². The quantitative estimate of drug-likeness (QED) is 0.595. The van der Waals surface area contributed by atoms with Gasteiger partial charge >= 0.3 is 0 Å². The molecule has 13 heavy (non-hydrogen) atoms. The number of aryl methyl sites for hydroxylation is 2. The van der Waals surface area contributed by atoms with Crippen molar-refractivity contribution in [2.75, 3.05) is 5.75 Å². The fourth-order valence-corrected chi connectivity index (χ4v) is 1.53. The lowest BCUT2D eigenvalue weighted by Crippen LogP contribution is -2.11. The van der Waals surface area contributed by atoms with Gasteiger partial charge in [0.05, 0.1) is 5.75 Å². The average molecular weight is 222 g/mol. The lowest BCUT2D eigenvalue weighted by molar-refractivity contribution is 0.478. The first-order valence-corrected chi connectivity index (χ1v) is 5.59. The molecule has 0 atom stereocenters. The molecule has 1 heterocycles. The molecular formula is C6H10N2O3S2. The first-order valence-electron chi connectivity index (χ1n) is 3.57. The molecule has 0 bridgehead atoms. The zero-order chi connectivity index (χ0) is 10.1. The van der Waals surface area contributed by atoms with E-state index in [1.54, 1.807) is 28.6 Å². The molecule has 0 unspecified atom stereocenters. The van der Waals surface area contributed by atoms with Crippen molar-refractivity contribution < 1.29 is 13.0 Å². The maximum Gasteiger partial charge on any atom is 0.266 e. The van der Waals surface area contributed by atoms with E-state index in [0.717, 1.165) is 0 Å². The minimum absolute atomic E-state index is 0.179. The molecule has 0 aliphatic heterocycles. The van der Waals surface area contributed by atoms with E-state index in [9.17, 15) is 8.42 Å². The third-order valence-corrected chi connectivity index (χ3v) is 2.83. The van der Waals surface area contributed by atoms with Gasteiger partial charge in [0, 0.05) is 26.0 Å². The van der Waals surface area contributed by atoms with Gasteiger partial charge in [-0.25, -0.2) is 0 Å². The van der Waals surface area contributed by atoms with E-state index in [0.29, 0.717) is 4.77 Å². The molecule has 0 amide bonds. The number of rotatable bonds is 3. The van der Waals surface area contributed by atoms with E-state index in [2.05, 4.69) is 0 Å². The SMILES string of the molecule is Cn1ccn(CCS(=O)(=O)O)c1=S. The number of hydrogen-bond acceptors (Lipinski definition) is 3. The molecule has 7 heteroatoms. The molecule has 0 saturated carbocycles. The van der Waals surface area contributed by atoms with Gasteiger partial charge in [-0.15, -0.1) is 0 Å². The van der Waals surface area contributed by atoms with Crippen LogP contribution in [0.3, 0.4) is 0 Å². The Bertz CT molecular complexity index is 443. The highest BCUT2D eigenvalue weighted by atomic mass is 32.2. The van der Waals surface area contributed by atoms with Gasteiger partial charge in [0.15, 0.2) is 4.77 Å². The zero-order valence-corrected chi connectivity index (χ0v) is 8.68. The molecule has 0 saturated heterocycles. The lowest BCUT2D eigenvalue weighted by atomic mass is 10.7. The van der Waals surface area contributed by atoms with Crippen LogP contribution in [0, 0.1) is 4.77 Å². The molecule has 0 fully saturated rings. The zero-order valence-electron chi connectivity index (χ0n) is 7.04. The Hall–Kier alpha value is -0.660. The molecule has 1 N–H and O–H groups in total. The van der Waals surface area contributed by atoms with Crippen LogP contribution in [0.1, 0.15) is 0 Å². The molecule has 0 aliphatic rings. The Labute approximate surface area is 81.4 Å². The fraction of sp³-hybridized carbons (Fsp3) is 0.500. The van der Waals surface area contributed by atoms with Gasteiger partial charge in [0.2, 0.25) is 0 Å². The van der Waals surface area contributed by atoms with Crippen LogP contribution in [0.4, 0.5) is 0 Å². The van der Waals surface area contributed by atoms with Gasteiger partial charge in [0.1, 0.15) is 0 Å². The summed E-state index contributed by atoms with van der Waals surface area (Å²) in [5.74, 6) is -0.314. The second-order valence-corrected chi connectivity index (χ2v) is 4.61. The normalized spacial score (nSPS) is 11.8. The monoisotopic (exact) mass is 222 g/mol. The standard InChI is InChI=1S/C6H10N2O3S2/c1-7-2-3-8(6(7)12)4-5-13(9,10)11/h2-3H,4-5H2,1H3,(H,9,10,11). The van der Waals surface area contributed by atoms with Gasteiger partial charge in [-0.3, -0.25) is 4.55 Å². The maximum absolute atomic E-state index is 10.4. The van der Waals surface area contributed by atoms with Crippen molar-refractivity contribution in [3.63, 3.8) is 0 Å². The van der Waals surface area contributed by atoms with E-state index >= 15 is 0 Å². The second-order valence-electron chi connectivity index (χ2n) is 2.67. The van der Waals surface area contributed by atoms with Gasteiger partial charge < -0.3 is 9.13 Å². The maximum atomic E-state index is 10.4. The summed E-state index contributed by atoms with van der Waals surface area (Å²) in [6, 6.07) is 0. The summed E-state index contributed by atoms with van der Waals surface area (Å²) in [4.78, 5) is 0. The summed E-state index contributed by atoms with van der Waals surface area (Å²) < 4.78 is 33.2. The van der Waals surface area contributed by atoms with E-state index in [4.69, 9.17) is 16.8 Å². The number of hydrogen-bond donors (Lipinski definition) is 1. The Kier molecular flexibility index (Phi) is 2.89. The van der Waals surface area contributed by atoms with Gasteiger partial charge in [-0.05, 0) is 12.2 Å². The molecule has 1 aromatic rings. The predicted octanol–water partition coefficient (Wildman–Crippen LogP) is 0.444. The Morgan fingerprint density at radius 3 is 2.54 bits per heavy atom. The number of imidazole rings is 1. The molecule has 1 aromatic heterocycles. The molecule has 0 radical (unpaired) electrons. The van der Waals surface area contributed by atoms with Crippen LogP contribution in [0.25, 0.3) is 0 Å². The van der Waals surface area contributed by atoms with Crippen molar-refractivity contribution in [2.45, 2.75) is 6.54 Å². The highest BCUT2D eigenvalue weighted by Gasteiger charge is 2.05. The highest BCUT2D eigenvalue weighted by Crippen LogP contribution is 1.96. The molecule has 0 aliphatic carbocycles. The lowest BCUT2D eigenvalue weighted by Gasteiger charge is -1.99. The van der Waals surface area contributed by atoms with Crippen molar-refractivity contribution >= 4 is 22.3 Å². The molecule has 0 spiro atoms. The first kappa shape index (κ1) is 10.4. The Balaban J connectivity index is 2.77. The number of nitrogens with zero attached hydrogens (tertiary/aromatic N) is 2. The topological polar surface area (TPSA) is 64.2 Å². The summed E-state index contributed by atoms with van der Waals surface area (Å²) in [7, 11) is -2.14. The first-order chi connectivity index (χ1) is 5.90. The van der Waals surface area contributed by atoms with Crippen molar-refractivity contribution in [2.24, 2.45) is 7.05 Å². The van der Waals surface area contributed by atoms with Crippen molar-refractivity contribution in [1.82, 2.24) is 9.13 Å². The van der Waals surface area contributed by atoms with Crippen LogP contribution in [0.5, 0.6) is 0 Å². The van der Waals surface area contributed by atoms with Crippen molar-refractivity contribution in [3.8, 4) is 0 Å². The second kappa shape index (κ2) is 3.60. The van der Waals surface area contributed by atoms with Crippen LogP contribution in [-0.4, -0.2) is 27.9 Å². The summed E-state index contributed by atoms with van der Waals surface area (Å²) in [5, 5.41) is 0. The summed E-state index contributed by atoms with van der Waals surface area (Å²) in [6.45, 7) is 0.179. The van der Waals surface area contributed by atoms with Crippen LogP contribution in [0.2, 0.25) is 0 Å². The molecule has 1 rings (SSSR count). The average Bonchev–Trinajstić information content (AvgIpc) is 2.29. The molecule has 5 nitrogen and oxygen atoms in total. The van der Waals surface area contributed by atoms with Gasteiger partial charge in [0.25, 0.3) is 10.1 Å². The van der Waals surface area contributed by atoms with Crippen molar-refractivity contribution in [1.29, 1.82) is 0 Å². The summed E-state index contributed by atoms with van der Waals surface area (Å²) in [5.41, 5.74) is 0. The smallest absolute Gasteiger partial charge is 0.266 e. The Morgan fingerprint density at radius 2 is 2.15 bits per heavy atom. The third-order valence-electron chi connectivity index (χ3n) is 1.61. The van der Waals surface area contributed by atoms with Crippen LogP contribution < -0.4 is 0 Å². The van der Waals surface area contributed by atoms with E-state index < -0.39 is 10.1 Å². The molecule has 74 valence electrons. The highest BCUT2D eigenvalue weighted by molar-refractivity contribution is 7.85. The summed E-state index contributed by atoms with van der Waals surface area (Å²) in [6.07, 6.45) is 3.40. The van der Waals surface area contributed by atoms with Crippen LogP contribution in [0.15, 0.2) is 12.4 Å². The minimum atomic E-state index is -3.91. The molecular weight excluding hydrogens is 212 g/mol. The van der Waals surface area contributed by atoms with Gasteiger partial charge in [-0.1, -0.05) is 0 Å². The van der Waals surface area contributed by atoms with Gasteiger partial charge in [-0.2, -0.15) is 8.42 Å².